The van der Waals surface area contributed by atoms with Crippen molar-refractivity contribution in [1.29, 1.82) is 0 Å². The number of piperazine rings is 1. The van der Waals surface area contributed by atoms with Crippen molar-refractivity contribution in [2.45, 2.75) is 19.3 Å². The lowest BCUT2D eigenvalue weighted by atomic mass is 10.0. The lowest BCUT2D eigenvalue weighted by molar-refractivity contribution is 0.257. The second-order valence-electron chi connectivity index (χ2n) is 8.09. The third-order valence-electron chi connectivity index (χ3n) is 5.86. The molecule has 0 saturated carbocycles. The highest BCUT2D eigenvalue weighted by atomic mass is 32.2. The van der Waals surface area contributed by atoms with Gasteiger partial charge in [0.25, 0.3) is 15.7 Å². The molecule has 0 bridgehead atoms. The van der Waals surface area contributed by atoms with E-state index in [0.29, 0.717) is 42.8 Å². The summed E-state index contributed by atoms with van der Waals surface area (Å²) in [4.78, 5) is 17.0. The van der Waals surface area contributed by atoms with Crippen LogP contribution in [0.1, 0.15) is 17.7 Å². The van der Waals surface area contributed by atoms with Crippen LogP contribution in [0.3, 0.4) is 0 Å². The van der Waals surface area contributed by atoms with Crippen molar-refractivity contribution in [3.8, 4) is 5.75 Å². The van der Waals surface area contributed by atoms with Crippen LogP contribution >= 0.6 is 0 Å². The first-order valence-corrected chi connectivity index (χ1v) is 12.5. The molecule has 1 aromatic heterocycles. The molecule has 0 radical (unpaired) electrons. The predicted octanol–water partition coefficient (Wildman–Crippen LogP) is 0.787. The summed E-state index contributed by atoms with van der Waals surface area (Å²) in [5, 5.41) is 8.11. The molecule has 3 heterocycles. The Morgan fingerprint density at radius 3 is 2.47 bits per heavy atom. The van der Waals surface area contributed by atoms with Gasteiger partial charge in [-0.15, -0.1) is 4.28 Å². The number of fused-ring (bicyclic) bond motifs is 1. The molecule has 2 aliphatic rings. The van der Waals surface area contributed by atoms with Crippen LogP contribution in [0, 0.1) is 0 Å². The molecule has 11 heteroatoms. The highest BCUT2D eigenvalue weighted by molar-refractivity contribution is 7.86. The number of aromatic nitrogens is 2. The molecule has 2 aliphatic heterocycles. The number of methoxy groups -OCH3 is 1. The quantitative estimate of drug-likeness (QED) is 0.637. The standard InChI is InChI=1S/C21H29N5O5S/c1-30-17-7-5-16(6-8-17)25-14-12-24(13-15-25)11-9-19-20-18(21(27)23-22-19)4-3-10-26(20)31-32(2,28)29/h5-8H,3-4,9-15H2,1-2H3,(H,23,27). The van der Waals surface area contributed by atoms with Crippen molar-refractivity contribution >= 4 is 21.5 Å². The Kier molecular flexibility index (Phi) is 6.68. The highest BCUT2D eigenvalue weighted by Gasteiger charge is 2.28. The smallest absolute Gasteiger partial charge is 0.285 e. The minimum atomic E-state index is -3.71. The van der Waals surface area contributed by atoms with Crippen molar-refractivity contribution in [3.63, 3.8) is 0 Å². The van der Waals surface area contributed by atoms with Crippen LogP contribution in [0.5, 0.6) is 5.75 Å². The summed E-state index contributed by atoms with van der Waals surface area (Å²) in [6.07, 6.45) is 2.81. The van der Waals surface area contributed by atoms with E-state index < -0.39 is 10.1 Å². The Morgan fingerprint density at radius 2 is 1.81 bits per heavy atom. The van der Waals surface area contributed by atoms with E-state index in [4.69, 9.17) is 9.02 Å². The van der Waals surface area contributed by atoms with E-state index in [2.05, 4.69) is 32.1 Å². The average Bonchev–Trinajstić information content (AvgIpc) is 2.78. The van der Waals surface area contributed by atoms with Crippen LogP contribution in [0.2, 0.25) is 0 Å². The van der Waals surface area contributed by atoms with Crippen molar-refractivity contribution in [2.75, 3.05) is 62.6 Å². The van der Waals surface area contributed by atoms with E-state index in [1.54, 1.807) is 7.11 Å². The second-order valence-corrected chi connectivity index (χ2v) is 9.64. The average molecular weight is 464 g/mol. The lowest BCUT2D eigenvalue weighted by Crippen LogP contribution is -2.47. The summed E-state index contributed by atoms with van der Waals surface area (Å²) >= 11 is 0. The Bertz CT molecular complexity index is 1090. The van der Waals surface area contributed by atoms with Gasteiger partial charge in [-0.1, -0.05) is 0 Å². The van der Waals surface area contributed by atoms with Crippen LogP contribution in [0.15, 0.2) is 29.1 Å². The normalized spacial score (nSPS) is 17.3. The molecule has 174 valence electrons. The van der Waals surface area contributed by atoms with Gasteiger partial charge in [-0.25, -0.2) is 10.2 Å². The number of hydrogen-bond acceptors (Lipinski definition) is 9. The van der Waals surface area contributed by atoms with Crippen LogP contribution in [0.4, 0.5) is 11.4 Å². The monoisotopic (exact) mass is 463 g/mol. The second kappa shape index (κ2) is 9.47. The molecular weight excluding hydrogens is 434 g/mol. The molecule has 1 fully saturated rings. The van der Waals surface area contributed by atoms with Gasteiger partial charge in [0.1, 0.15) is 5.75 Å². The molecule has 0 spiro atoms. The number of benzene rings is 1. The van der Waals surface area contributed by atoms with Crippen molar-refractivity contribution in [2.24, 2.45) is 0 Å². The molecule has 1 saturated heterocycles. The fourth-order valence-electron chi connectivity index (χ4n) is 4.26. The molecule has 0 aliphatic carbocycles. The lowest BCUT2D eigenvalue weighted by Gasteiger charge is -2.36. The summed E-state index contributed by atoms with van der Waals surface area (Å²) in [5.41, 5.74) is 2.58. The van der Waals surface area contributed by atoms with Crippen molar-refractivity contribution < 1.29 is 17.4 Å². The number of rotatable bonds is 7. The first kappa shape index (κ1) is 22.6. The fraction of sp³-hybridized carbons (Fsp3) is 0.524. The molecule has 1 aromatic carbocycles. The predicted molar refractivity (Wildman–Crippen MR) is 122 cm³/mol. The van der Waals surface area contributed by atoms with Crippen LogP contribution in [-0.4, -0.2) is 76.1 Å². The maximum Gasteiger partial charge on any atom is 0.285 e. The number of hydroxylamine groups is 1. The molecule has 0 unspecified atom stereocenters. The number of nitrogens with one attached hydrogen (secondary N) is 1. The number of anilines is 2. The highest BCUT2D eigenvalue weighted by Crippen LogP contribution is 2.28. The number of aromatic amines is 1. The van der Waals surface area contributed by atoms with Gasteiger partial charge in [-0.2, -0.15) is 13.5 Å². The van der Waals surface area contributed by atoms with Gasteiger partial charge in [0.05, 0.1) is 24.7 Å². The van der Waals surface area contributed by atoms with Crippen molar-refractivity contribution in [1.82, 2.24) is 15.1 Å². The number of ether oxygens (including phenoxy) is 1. The summed E-state index contributed by atoms with van der Waals surface area (Å²) in [6.45, 7) is 4.79. The summed E-state index contributed by atoms with van der Waals surface area (Å²) in [6, 6.07) is 8.08. The van der Waals surface area contributed by atoms with Gasteiger partial charge in [-0.05, 0) is 37.1 Å². The zero-order chi connectivity index (χ0) is 22.7. The van der Waals surface area contributed by atoms with Gasteiger partial charge in [0, 0.05) is 56.9 Å². The van der Waals surface area contributed by atoms with Crippen LogP contribution in [0.25, 0.3) is 0 Å². The first-order chi connectivity index (χ1) is 15.3. The Morgan fingerprint density at radius 1 is 1.09 bits per heavy atom. The van der Waals surface area contributed by atoms with E-state index in [0.717, 1.165) is 44.7 Å². The SMILES string of the molecule is COc1ccc(N2CCN(CCc3n[nH]c(=O)c4c3N(OS(C)(=O)=O)CCC4)CC2)cc1. The Hall–Kier alpha value is -2.63. The number of H-pyrrole nitrogens is 1. The largest absolute Gasteiger partial charge is 0.497 e. The third-order valence-corrected chi connectivity index (χ3v) is 6.31. The Balaban J connectivity index is 1.41. The van der Waals surface area contributed by atoms with E-state index in [-0.39, 0.29) is 5.56 Å². The number of hydrogen-bond donors (Lipinski definition) is 1. The first-order valence-electron chi connectivity index (χ1n) is 10.7. The van der Waals surface area contributed by atoms with Gasteiger partial charge >= 0.3 is 0 Å². The van der Waals surface area contributed by atoms with E-state index in [1.807, 2.05) is 12.1 Å². The van der Waals surface area contributed by atoms with Gasteiger partial charge < -0.3 is 9.64 Å². The van der Waals surface area contributed by atoms with Gasteiger partial charge in [-0.3, -0.25) is 9.69 Å². The number of nitrogens with zero attached hydrogens (tertiary/aromatic N) is 4. The minimum Gasteiger partial charge on any atom is -0.497 e. The van der Waals surface area contributed by atoms with E-state index in [1.165, 1.54) is 10.8 Å². The van der Waals surface area contributed by atoms with Crippen molar-refractivity contribution in [3.05, 3.63) is 45.9 Å². The zero-order valence-corrected chi connectivity index (χ0v) is 19.2. The molecule has 0 amide bonds. The van der Waals surface area contributed by atoms with Gasteiger partial charge in [0.2, 0.25) is 0 Å². The maximum atomic E-state index is 12.3. The summed E-state index contributed by atoms with van der Waals surface area (Å²) in [7, 11) is -2.05. The van der Waals surface area contributed by atoms with Crippen LogP contribution in [-0.2, 0) is 27.2 Å². The molecule has 2 aromatic rings. The third kappa shape index (κ3) is 5.22. The van der Waals surface area contributed by atoms with Gasteiger partial charge in [0.15, 0.2) is 0 Å². The molecule has 1 N–H and O–H groups in total. The molecule has 32 heavy (non-hydrogen) atoms. The molecule has 0 atom stereocenters. The molecular formula is C21H29N5O5S. The van der Waals surface area contributed by atoms with Crippen LogP contribution < -0.4 is 20.3 Å². The Labute approximate surface area is 187 Å². The molecule has 4 rings (SSSR count). The fourth-order valence-corrected chi connectivity index (χ4v) is 4.73. The topological polar surface area (TPSA) is 108 Å². The summed E-state index contributed by atoms with van der Waals surface area (Å²) < 4.78 is 33.8. The molecule has 10 nitrogen and oxygen atoms in total. The van der Waals surface area contributed by atoms with E-state index in [9.17, 15) is 13.2 Å². The zero-order valence-electron chi connectivity index (χ0n) is 18.4. The minimum absolute atomic E-state index is 0.293. The summed E-state index contributed by atoms with van der Waals surface area (Å²) in [5.74, 6) is 0.845. The maximum absolute atomic E-state index is 12.3. The van der Waals surface area contributed by atoms with E-state index >= 15 is 0 Å².